The topological polar surface area (TPSA) is 66.5 Å². The van der Waals surface area contributed by atoms with Gasteiger partial charge in [-0.2, -0.15) is 0 Å². The zero-order chi connectivity index (χ0) is 20.0. The van der Waals surface area contributed by atoms with Gasteiger partial charge in [-0.1, -0.05) is 42.0 Å². The van der Waals surface area contributed by atoms with Crippen molar-refractivity contribution in [2.45, 2.75) is 38.5 Å². The Morgan fingerprint density at radius 3 is 2.61 bits per heavy atom. The number of hydrogen-bond donors (Lipinski definition) is 1. The summed E-state index contributed by atoms with van der Waals surface area (Å²) in [4.78, 5) is 12.1. The van der Waals surface area contributed by atoms with Crippen LogP contribution in [0.5, 0.6) is 0 Å². The molecule has 0 saturated heterocycles. The van der Waals surface area contributed by atoms with E-state index in [2.05, 4.69) is 11.4 Å². The van der Waals surface area contributed by atoms with E-state index in [9.17, 15) is 13.2 Å². The van der Waals surface area contributed by atoms with Crippen molar-refractivity contribution in [1.82, 2.24) is 5.32 Å². The highest BCUT2D eigenvalue weighted by atomic mass is 32.2. The van der Waals surface area contributed by atoms with Crippen molar-refractivity contribution in [3.05, 3.63) is 54.1 Å². The number of nitrogens with zero attached hydrogens (tertiary/aromatic N) is 1. The Morgan fingerprint density at radius 1 is 1.11 bits per heavy atom. The van der Waals surface area contributed by atoms with E-state index in [1.54, 1.807) is 0 Å². The second-order valence-corrected chi connectivity index (χ2v) is 9.26. The molecule has 0 bridgehead atoms. The fourth-order valence-corrected chi connectivity index (χ4v) is 4.52. The average Bonchev–Trinajstić information content (AvgIpc) is 2.69. The minimum Gasteiger partial charge on any atom is -0.352 e. The molecule has 1 N–H and O–H groups in total. The molecule has 1 aliphatic carbocycles. The average molecular weight is 401 g/mol. The van der Waals surface area contributed by atoms with Gasteiger partial charge in [0.05, 0.1) is 11.9 Å². The van der Waals surface area contributed by atoms with Gasteiger partial charge in [0.2, 0.25) is 15.9 Å². The number of hydrogen-bond acceptors (Lipinski definition) is 3. The number of rotatable bonds is 8. The van der Waals surface area contributed by atoms with Gasteiger partial charge in [0.25, 0.3) is 0 Å². The van der Waals surface area contributed by atoms with Gasteiger partial charge in [0.1, 0.15) is 0 Å². The zero-order valence-electron chi connectivity index (χ0n) is 16.4. The van der Waals surface area contributed by atoms with Gasteiger partial charge in [-0.05, 0) is 55.0 Å². The van der Waals surface area contributed by atoms with Crippen LogP contribution < -0.4 is 9.62 Å². The van der Waals surface area contributed by atoms with Crippen LogP contribution in [-0.2, 0) is 14.8 Å². The van der Waals surface area contributed by atoms with Crippen LogP contribution in [0.15, 0.2) is 54.1 Å². The second-order valence-electron chi connectivity index (χ2n) is 7.36. The predicted molar refractivity (Wildman–Crippen MR) is 115 cm³/mol. The Labute approximate surface area is 167 Å². The number of anilines is 1. The van der Waals surface area contributed by atoms with Crippen LogP contribution in [0.3, 0.4) is 0 Å². The lowest BCUT2D eigenvalue weighted by atomic mass is 10.00. The van der Waals surface area contributed by atoms with Crippen LogP contribution in [-0.4, -0.2) is 33.7 Å². The molecule has 0 radical (unpaired) electrons. The van der Waals surface area contributed by atoms with Gasteiger partial charge in [-0.15, -0.1) is 0 Å². The fourth-order valence-electron chi connectivity index (χ4n) is 3.57. The van der Waals surface area contributed by atoms with Crippen LogP contribution in [0.2, 0.25) is 0 Å². The van der Waals surface area contributed by atoms with E-state index in [-0.39, 0.29) is 12.5 Å². The van der Waals surface area contributed by atoms with Crippen LogP contribution in [0, 0.1) is 0 Å². The van der Waals surface area contributed by atoms with Crippen molar-refractivity contribution in [3.8, 4) is 0 Å². The van der Waals surface area contributed by atoms with E-state index < -0.39 is 10.0 Å². The Morgan fingerprint density at radius 2 is 1.89 bits per heavy atom. The lowest BCUT2D eigenvalue weighted by Crippen LogP contribution is -2.32. The summed E-state index contributed by atoms with van der Waals surface area (Å²) in [6, 6.07) is 13.5. The smallest absolute Gasteiger partial charge is 0.232 e. The third kappa shape index (κ3) is 5.58. The van der Waals surface area contributed by atoms with Gasteiger partial charge in [-0.3, -0.25) is 9.10 Å². The Kier molecular flexibility index (Phi) is 6.73. The summed E-state index contributed by atoms with van der Waals surface area (Å²) in [6.07, 6.45) is 8.79. The van der Waals surface area contributed by atoms with E-state index in [0.717, 1.165) is 23.6 Å². The number of carbonyl (C=O) groups is 1. The Bertz CT molecular complexity index is 967. The first-order valence-electron chi connectivity index (χ1n) is 9.84. The first-order valence-corrected chi connectivity index (χ1v) is 11.7. The quantitative estimate of drug-likeness (QED) is 0.681. The lowest BCUT2D eigenvalue weighted by Gasteiger charge is -2.23. The molecule has 28 heavy (non-hydrogen) atoms. The standard InChI is InChI=1S/C22H28N2O3S/c1-28(26,27)24(21-14-13-19-10-5-6-11-20(19)16-21)15-7-12-22(25)23-17-18-8-3-2-4-9-18/h5-6,8,10-11,13-14,16H,2-4,7,9,12,15,17H2,1H3,(H,23,25). The molecule has 0 saturated carbocycles. The number of benzene rings is 2. The first-order chi connectivity index (χ1) is 13.4. The third-order valence-electron chi connectivity index (χ3n) is 5.08. The molecule has 3 rings (SSSR count). The number of nitrogens with one attached hydrogen (secondary N) is 1. The van der Waals surface area contributed by atoms with Gasteiger partial charge >= 0.3 is 0 Å². The number of amides is 1. The number of carbonyl (C=O) groups excluding carboxylic acids is 1. The molecular weight excluding hydrogens is 372 g/mol. The highest BCUT2D eigenvalue weighted by Gasteiger charge is 2.18. The zero-order valence-corrected chi connectivity index (χ0v) is 17.2. The van der Waals surface area contributed by atoms with Gasteiger partial charge in [0, 0.05) is 19.5 Å². The second kappa shape index (κ2) is 9.24. The van der Waals surface area contributed by atoms with E-state index in [4.69, 9.17) is 0 Å². The summed E-state index contributed by atoms with van der Waals surface area (Å²) in [7, 11) is -3.42. The molecule has 0 heterocycles. The summed E-state index contributed by atoms with van der Waals surface area (Å²) >= 11 is 0. The van der Waals surface area contributed by atoms with Gasteiger partial charge in [0.15, 0.2) is 0 Å². The van der Waals surface area contributed by atoms with Crippen molar-refractivity contribution in [3.63, 3.8) is 0 Å². The molecule has 0 unspecified atom stereocenters. The van der Waals surface area contributed by atoms with Crippen LogP contribution >= 0.6 is 0 Å². The minimum absolute atomic E-state index is 0.0292. The van der Waals surface area contributed by atoms with E-state index in [1.807, 2.05) is 42.5 Å². The van der Waals surface area contributed by atoms with Gasteiger partial charge in [-0.25, -0.2) is 8.42 Å². The summed E-state index contributed by atoms with van der Waals surface area (Å²) < 4.78 is 26.0. The van der Waals surface area contributed by atoms with E-state index in [1.165, 1.54) is 29.0 Å². The maximum atomic E-state index is 12.3. The number of fused-ring (bicyclic) bond motifs is 1. The Hall–Kier alpha value is -2.34. The maximum Gasteiger partial charge on any atom is 0.232 e. The molecule has 6 heteroatoms. The molecule has 1 amide bonds. The summed E-state index contributed by atoms with van der Waals surface area (Å²) in [6.45, 7) is 0.895. The fraction of sp³-hybridized carbons (Fsp3) is 0.409. The highest BCUT2D eigenvalue weighted by molar-refractivity contribution is 7.92. The van der Waals surface area contributed by atoms with Crippen molar-refractivity contribution >= 4 is 32.4 Å². The van der Waals surface area contributed by atoms with Crippen LogP contribution in [0.1, 0.15) is 38.5 Å². The first kappa shape index (κ1) is 20.4. The third-order valence-corrected chi connectivity index (χ3v) is 6.28. The molecule has 2 aromatic carbocycles. The molecule has 0 fully saturated rings. The molecule has 1 aliphatic rings. The molecule has 0 aromatic heterocycles. The lowest BCUT2D eigenvalue weighted by molar-refractivity contribution is -0.120. The SMILES string of the molecule is CS(=O)(=O)N(CCCC(=O)NCC1=CCCCC1)c1ccc2ccccc2c1. The molecule has 0 spiro atoms. The monoisotopic (exact) mass is 400 g/mol. The highest BCUT2D eigenvalue weighted by Crippen LogP contribution is 2.24. The number of sulfonamides is 1. The van der Waals surface area contributed by atoms with Crippen molar-refractivity contribution in [2.24, 2.45) is 0 Å². The molecule has 150 valence electrons. The Balaban J connectivity index is 1.58. The van der Waals surface area contributed by atoms with E-state index in [0.29, 0.717) is 25.1 Å². The number of allylic oxidation sites excluding steroid dienone is 1. The van der Waals surface area contributed by atoms with E-state index >= 15 is 0 Å². The maximum absolute atomic E-state index is 12.3. The molecule has 2 aromatic rings. The van der Waals surface area contributed by atoms with Crippen LogP contribution in [0.4, 0.5) is 5.69 Å². The predicted octanol–water partition coefficient (Wildman–Crippen LogP) is 4.00. The minimum atomic E-state index is -3.42. The van der Waals surface area contributed by atoms with Crippen molar-refractivity contribution < 1.29 is 13.2 Å². The summed E-state index contributed by atoms with van der Waals surface area (Å²) in [5.41, 5.74) is 1.93. The molecular formula is C22H28N2O3S. The normalized spacial score (nSPS) is 14.5. The van der Waals surface area contributed by atoms with Crippen LogP contribution in [0.25, 0.3) is 10.8 Å². The molecule has 0 atom stereocenters. The molecule has 5 nitrogen and oxygen atoms in total. The molecule has 0 aliphatic heterocycles. The largest absolute Gasteiger partial charge is 0.352 e. The summed E-state index contributed by atoms with van der Waals surface area (Å²) in [5.74, 6) is -0.0292. The van der Waals surface area contributed by atoms with Crippen molar-refractivity contribution in [1.29, 1.82) is 0 Å². The van der Waals surface area contributed by atoms with Crippen molar-refractivity contribution in [2.75, 3.05) is 23.7 Å². The van der Waals surface area contributed by atoms with Gasteiger partial charge < -0.3 is 5.32 Å². The summed E-state index contributed by atoms with van der Waals surface area (Å²) in [5, 5.41) is 5.01.